The van der Waals surface area contributed by atoms with Crippen molar-refractivity contribution < 1.29 is 13.6 Å². The number of nitrogens with zero attached hydrogens (tertiary/aromatic N) is 3. The number of rotatable bonds is 4. The van der Waals surface area contributed by atoms with Gasteiger partial charge in [0.2, 0.25) is 16.0 Å². The first kappa shape index (κ1) is 17.2. The number of hydrogen-bond donors (Lipinski definition) is 2. The maximum absolute atomic E-state index is 12.6. The van der Waals surface area contributed by atoms with Gasteiger partial charge in [0.05, 0.1) is 22.0 Å². The second-order valence-electron chi connectivity index (χ2n) is 6.16. The number of benzene rings is 1. The van der Waals surface area contributed by atoms with Crippen molar-refractivity contribution in [3.05, 3.63) is 47.6 Å². The van der Waals surface area contributed by atoms with E-state index in [1.165, 1.54) is 0 Å². The average molecular weight is 360 g/mol. The molecule has 0 aliphatic heterocycles. The highest BCUT2D eigenvalue weighted by Gasteiger charge is 2.25. The summed E-state index contributed by atoms with van der Waals surface area (Å²) in [7, 11) is -3.62. The Hall–Kier alpha value is -2.61. The van der Waals surface area contributed by atoms with Gasteiger partial charge in [-0.25, -0.2) is 17.4 Å². The van der Waals surface area contributed by atoms with Crippen molar-refractivity contribution in [3.63, 3.8) is 0 Å². The van der Waals surface area contributed by atoms with Gasteiger partial charge in [-0.3, -0.25) is 0 Å². The third kappa shape index (κ3) is 2.93. The van der Waals surface area contributed by atoms with Crippen LogP contribution in [-0.4, -0.2) is 33.5 Å². The van der Waals surface area contributed by atoms with Crippen LogP contribution in [0.15, 0.2) is 47.2 Å². The third-order valence-corrected chi connectivity index (χ3v) is 6.30. The second-order valence-corrected chi connectivity index (χ2v) is 8.50. The minimum Gasteiger partial charge on any atom is -0.411 e. The molecule has 3 rings (SSSR count). The first-order valence-electron chi connectivity index (χ1n) is 7.93. The maximum Gasteiger partial charge on any atom is 0.244 e. The Morgan fingerprint density at radius 3 is 2.84 bits per heavy atom. The van der Waals surface area contributed by atoms with Crippen LogP contribution in [-0.2, 0) is 16.4 Å². The topological polar surface area (TPSA) is 111 Å². The maximum atomic E-state index is 12.6. The lowest BCUT2D eigenvalue weighted by atomic mass is 9.95. The van der Waals surface area contributed by atoms with Crippen molar-refractivity contribution in [2.24, 2.45) is 5.16 Å². The SMILES string of the molecule is CC(C)S(=O)(=O)n1c(N)nc2c(CC3=CC=CCC3=NO)cccc21. The molecule has 0 amide bonds. The fraction of sp³-hybridized carbons (Fsp3) is 0.294. The molecule has 0 saturated carbocycles. The summed E-state index contributed by atoms with van der Waals surface area (Å²) in [5.74, 6) is -0.0512. The number of imidazole rings is 1. The van der Waals surface area contributed by atoms with E-state index in [1.807, 2.05) is 24.3 Å². The van der Waals surface area contributed by atoms with Crippen LogP contribution in [0.3, 0.4) is 0 Å². The summed E-state index contributed by atoms with van der Waals surface area (Å²) in [4.78, 5) is 4.29. The van der Waals surface area contributed by atoms with Crippen molar-refractivity contribution in [3.8, 4) is 0 Å². The first-order valence-corrected chi connectivity index (χ1v) is 9.43. The molecule has 1 aromatic heterocycles. The number of para-hydroxylation sites is 1. The van der Waals surface area contributed by atoms with Gasteiger partial charge in [0, 0.05) is 12.8 Å². The highest BCUT2D eigenvalue weighted by atomic mass is 32.2. The number of anilines is 1. The number of oxime groups is 1. The number of fused-ring (bicyclic) bond motifs is 1. The molecule has 3 N–H and O–H groups in total. The Labute approximate surface area is 146 Å². The summed E-state index contributed by atoms with van der Waals surface area (Å²) in [6, 6.07) is 5.34. The monoisotopic (exact) mass is 360 g/mol. The smallest absolute Gasteiger partial charge is 0.244 e. The summed E-state index contributed by atoms with van der Waals surface area (Å²) in [6.07, 6.45) is 6.71. The molecule has 0 bridgehead atoms. The van der Waals surface area contributed by atoms with Crippen LogP contribution in [0, 0.1) is 0 Å². The molecule has 0 spiro atoms. The molecule has 0 unspecified atom stereocenters. The number of nitrogens with two attached hydrogens (primary N) is 1. The zero-order chi connectivity index (χ0) is 18.2. The highest BCUT2D eigenvalue weighted by Crippen LogP contribution is 2.27. The van der Waals surface area contributed by atoms with E-state index in [-0.39, 0.29) is 5.95 Å². The summed E-state index contributed by atoms with van der Waals surface area (Å²) in [6.45, 7) is 3.21. The molecule has 2 aromatic rings. The van der Waals surface area contributed by atoms with Crippen molar-refractivity contribution in [2.75, 3.05) is 5.73 Å². The van der Waals surface area contributed by atoms with Gasteiger partial charge in [-0.15, -0.1) is 0 Å². The lowest BCUT2D eigenvalue weighted by Gasteiger charge is -2.12. The molecular weight excluding hydrogens is 340 g/mol. The van der Waals surface area contributed by atoms with Crippen LogP contribution < -0.4 is 5.73 Å². The minimum atomic E-state index is -3.62. The molecule has 1 aliphatic rings. The predicted molar refractivity (Wildman–Crippen MR) is 98.4 cm³/mol. The van der Waals surface area contributed by atoms with E-state index in [4.69, 9.17) is 10.9 Å². The zero-order valence-corrected chi connectivity index (χ0v) is 14.9. The predicted octanol–water partition coefficient (Wildman–Crippen LogP) is 2.46. The van der Waals surface area contributed by atoms with Crippen LogP contribution in [0.1, 0.15) is 25.8 Å². The van der Waals surface area contributed by atoms with Crippen LogP contribution >= 0.6 is 0 Å². The molecule has 132 valence electrons. The van der Waals surface area contributed by atoms with Gasteiger partial charge < -0.3 is 10.9 Å². The fourth-order valence-electron chi connectivity index (χ4n) is 2.84. The Bertz CT molecular complexity index is 1010. The average Bonchev–Trinajstić information content (AvgIpc) is 2.92. The lowest BCUT2D eigenvalue weighted by Crippen LogP contribution is -2.23. The van der Waals surface area contributed by atoms with Gasteiger partial charge in [-0.05, 0) is 31.1 Å². The largest absolute Gasteiger partial charge is 0.411 e. The Morgan fingerprint density at radius 1 is 1.40 bits per heavy atom. The normalized spacial score (nSPS) is 16.8. The zero-order valence-electron chi connectivity index (χ0n) is 14.0. The van der Waals surface area contributed by atoms with Crippen LogP contribution in [0.25, 0.3) is 11.0 Å². The molecule has 25 heavy (non-hydrogen) atoms. The summed E-state index contributed by atoms with van der Waals surface area (Å²) in [5.41, 5.74) is 9.18. The fourth-order valence-corrected chi connectivity index (χ4v) is 3.98. The first-order chi connectivity index (χ1) is 11.9. The molecule has 0 atom stereocenters. The lowest BCUT2D eigenvalue weighted by molar-refractivity contribution is 0.318. The van der Waals surface area contributed by atoms with Crippen molar-refractivity contribution in [1.29, 1.82) is 0 Å². The van der Waals surface area contributed by atoms with Gasteiger partial charge in [-0.1, -0.05) is 35.5 Å². The molecule has 0 fully saturated rings. The molecule has 1 heterocycles. The van der Waals surface area contributed by atoms with E-state index in [1.54, 1.807) is 26.0 Å². The second kappa shape index (κ2) is 6.36. The van der Waals surface area contributed by atoms with Gasteiger partial charge in [-0.2, -0.15) is 0 Å². The summed E-state index contributed by atoms with van der Waals surface area (Å²) in [5, 5.41) is 11.9. The standard InChI is InChI=1S/C17H20N4O3S/c1-11(2)25(23,24)21-15-9-5-7-13(16(15)19-17(21)18)10-12-6-3-4-8-14(12)20-22/h3-7,9,11,22H,8,10H2,1-2H3,(H2,18,19). The van der Waals surface area contributed by atoms with Crippen molar-refractivity contribution in [1.82, 2.24) is 8.96 Å². The van der Waals surface area contributed by atoms with Gasteiger partial charge in [0.15, 0.2) is 0 Å². The van der Waals surface area contributed by atoms with E-state index in [9.17, 15) is 8.42 Å². The van der Waals surface area contributed by atoms with Gasteiger partial charge in [0.1, 0.15) is 0 Å². The molecule has 0 radical (unpaired) electrons. The molecule has 0 saturated heterocycles. The van der Waals surface area contributed by atoms with E-state index in [2.05, 4.69) is 10.1 Å². The number of hydrogen-bond acceptors (Lipinski definition) is 6. The van der Waals surface area contributed by atoms with Crippen molar-refractivity contribution >= 4 is 32.7 Å². The van der Waals surface area contributed by atoms with E-state index >= 15 is 0 Å². The van der Waals surface area contributed by atoms with E-state index in [0.29, 0.717) is 29.6 Å². The summed E-state index contributed by atoms with van der Waals surface area (Å²) >= 11 is 0. The number of nitrogen functional groups attached to an aromatic ring is 1. The van der Waals surface area contributed by atoms with E-state index < -0.39 is 15.3 Å². The Balaban J connectivity index is 2.14. The Morgan fingerprint density at radius 2 is 2.16 bits per heavy atom. The third-order valence-electron chi connectivity index (χ3n) is 4.22. The van der Waals surface area contributed by atoms with Crippen LogP contribution in [0.2, 0.25) is 0 Å². The molecular formula is C17H20N4O3S. The molecule has 8 heteroatoms. The number of aromatic nitrogens is 2. The van der Waals surface area contributed by atoms with Gasteiger partial charge >= 0.3 is 0 Å². The quantitative estimate of drug-likeness (QED) is 0.643. The molecule has 7 nitrogen and oxygen atoms in total. The minimum absolute atomic E-state index is 0.0512. The van der Waals surface area contributed by atoms with E-state index in [0.717, 1.165) is 15.1 Å². The molecule has 1 aliphatic carbocycles. The summed E-state index contributed by atoms with van der Waals surface area (Å²) < 4.78 is 26.3. The van der Waals surface area contributed by atoms with Gasteiger partial charge in [0.25, 0.3) is 0 Å². The highest BCUT2D eigenvalue weighted by molar-refractivity contribution is 7.90. The van der Waals surface area contributed by atoms with Crippen molar-refractivity contribution in [2.45, 2.75) is 31.9 Å². The molecule has 1 aromatic carbocycles. The Kier molecular flexibility index (Phi) is 4.38. The number of allylic oxidation sites excluding steroid dienone is 4. The van der Waals surface area contributed by atoms with Crippen LogP contribution in [0.5, 0.6) is 0 Å². The van der Waals surface area contributed by atoms with Crippen LogP contribution in [0.4, 0.5) is 5.95 Å².